The minimum atomic E-state index is -1.30. The van der Waals surface area contributed by atoms with Gasteiger partial charge in [0.05, 0.1) is 9.95 Å². The minimum absolute atomic E-state index is 0.00400. The first-order chi connectivity index (χ1) is 9.88. The molecule has 1 fully saturated rings. The number of piperidine rings is 1. The van der Waals surface area contributed by atoms with Crippen molar-refractivity contribution in [1.29, 1.82) is 0 Å². The van der Waals surface area contributed by atoms with E-state index in [0.29, 0.717) is 0 Å². The van der Waals surface area contributed by atoms with E-state index in [1.807, 2.05) is 7.05 Å². The number of aromatic carboxylic acids is 1. The van der Waals surface area contributed by atoms with Gasteiger partial charge in [0.1, 0.15) is 11.7 Å². The number of hydrogen-bond acceptors (Lipinski definition) is 5. The lowest BCUT2D eigenvalue weighted by molar-refractivity contribution is -0.384. The number of nitro groups is 1. The summed E-state index contributed by atoms with van der Waals surface area (Å²) in [5.74, 6) is -1.30. The predicted octanol–water partition coefficient (Wildman–Crippen LogP) is 2.42. The third kappa shape index (κ3) is 3.62. The zero-order valence-corrected chi connectivity index (χ0v) is 12.2. The summed E-state index contributed by atoms with van der Waals surface area (Å²) in [7, 11) is 2.00. The molecule has 1 aromatic carbocycles. The van der Waals surface area contributed by atoms with Gasteiger partial charge in [0.25, 0.3) is 5.69 Å². The Labute approximate surface area is 126 Å². The summed E-state index contributed by atoms with van der Waals surface area (Å²) in [5.41, 5.74) is -0.652. The third-order valence-corrected chi connectivity index (χ3v) is 3.70. The van der Waals surface area contributed by atoms with Gasteiger partial charge in [0, 0.05) is 25.2 Å². The smallest absolute Gasteiger partial charge is 0.339 e. The standard InChI is InChI=1S/C13H15ClN2O5/c1-15-4-2-9(3-5-15)21-12-10(13(17)18)6-8(16(19)20)7-11(12)14/h6-7,9H,2-5H2,1H3,(H,17,18). The number of nitro benzene ring substituents is 1. The second-order valence-electron chi connectivity index (χ2n) is 4.99. The number of likely N-dealkylation sites (tertiary alicyclic amines) is 1. The fourth-order valence-electron chi connectivity index (χ4n) is 2.23. The van der Waals surface area contributed by atoms with Crippen LogP contribution in [0.5, 0.6) is 5.75 Å². The van der Waals surface area contributed by atoms with Crippen molar-refractivity contribution >= 4 is 23.3 Å². The highest BCUT2D eigenvalue weighted by molar-refractivity contribution is 6.32. The number of hydrogen-bond donors (Lipinski definition) is 1. The average Bonchev–Trinajstić information content (AvgIpc) is 2.42. The molecule has 7 nitrogen and oxygen atoms in total. The molecule has 1 N–H and O–H groups in total. The number of carbonyl (C=O) groups is 1. The molecule has 1 aliphatic rings. The van der Waals surface area contributed by atoms with Crippen molar-refractivity contribution in [3.63, 3.8) is 0 Å². The topological polar surface area (TPSA) is 92.9 Å². The molecule has 8 heteroatoms. The molecule has 1 saturated heterocycles. The molecule has 1 aliphatic heterocycles. The van der Waals surface area contributed by atoms with Crippen LogP contribution in [-0.2, 0) is 0 Å². The van der Waals surface area contributed by atoms with Crippen LogP contribution in [0, 0.1) is 10.1 Å². The molecule has 0 spiro atoms. The van der Waals surface area contributed by atoms with Crippen molar-refractivity contribution in [2.45, 2.75) is 18.9 Å². The first-order valence-corrected chi connectivity index (χ1v) is 6.82. The van der Waals surface area contributed by atoms with Gasteiger partial charge in [-0.15, -0.1) is 0 Å². The first kappa shape index (κ1) is 15.5. The molecule has 0 aliphatic carbocycles. The van der Waals surface area contributed by atoms with E-state index < -0.39 is 10.9 Å². The maximum absolute atomic E-state index is 11.3. The molecule has 0 aromatic heterocycles. The lowest BCUT2D eigenvalue weighted by Gasteiger charge is -2.29. The van der Waals surface area contributed by atoms with E-state index in [9.17, 15) is 20.0 Å². The average molecular weight is 315 g/mol. The summed E-state index contributed by atoms with van der Waals surface area (Å²) in [4.78, 5) is 23.5. The summed E-state index contributed by atoms with van der Waals surface area (Å²) >= 11 is 5.97. The van der Waals surface area contributed by atoms with Crippen molar-refractivity contribution in [3.8, 4) is 5.75 Å². The van der Waals surface area contributed by atoms with Gasteiger partial charge in [-0.05, 0) is 19.9 Å². The van der Waals surface area contributed by atoms with Gasteiger partial charge in [-0.25, -0.2) is 4.79 Å². The van der Waals surface area contributed by atoms with Gasteiger partial charge in [-0.1, -0.05) is 11.6 Å². The van der Waals surface area contributed by atoms with E-state index in [-0.39, 0.29) is 28.1 Å². The maximum Gasteiger partial charge on any atom is 0.339 e. The molecule has 114 valence electrons. The molecule has 0 radical (unpaired) electrons. The Balaban J connectivity index is 2.29. The van der Waals surface area contributed by atoms with E-state index in [0.717, 1.165) is 38.1 Å². The normalized spacial score (nSPS) is 16.7. The number of benzene rings is 1. The van der Waals surface area contributed by atoms with Crippen molar-refractivity contribution in [2.24, 2.45) is 0 Å². The number of ether oxygens (including phenoxy) is 1. The van der Waals surface area contributed by atoms with Crippen LogP contribution in [0.15, 0.2) is 12.1 Å². The van der Waals surface area contributed by atoms with Crippen molar-refractivity contribution < 1.29 is 19.6 Å². The number of rotatable bonds is 4. The van der Waals surface area contributed by atoms with E-state index in [1.54, 1.807) is 0 Å². The predicted molar refractivity (Wildman–Crippen MR) is 76.2 cm³/mol. The van der Waals surface area contributed by atoms with Gasteiger partial charge < -0.3 is 14.7 Å². The summed E-state index contributed by atoms with van der Waals surface area (Å²) < 4.78 is 5.70. The van der Waals surface area contributed by atoms with Crippen LogP contribution in [0.25, 0.3) is 0 Å². The molecule has 0 saturated carbocycles. The second-order valence-corrected chi connectivity index (χ2v) is 5.39. The molecule has 1 heterocycles. The van der Waals surface area contributed by atoms with Crippen molar-refractivity contribution in [2.75, 3.05) is 20.1 Å². The second kappa shape index (κ2) is 6.28. The van der Waals surface area contributed by atoms with Crippen molar-refractivity contribution in [1.82, 2.24) is 4.90 Å². The van der Waals surface area contributed by atoms with Crippen LogP contribution < -0.4 is 4.74 Å². The first-order valence-electron chi connectivity index (χ1n) is 6.45. The molecule has 0 bridgehead atoms. The highest BCUT2D eigenvalue weighted by Gasteiger charge is 2.25. The summed E-state index contributed by atoms with van der Waals surface area (Å²) in [6, 6.07) is 2.08. The number of carboxylic acids is 1. The zero-order chi connectivity index (χ0) is 15.6. The number of nitrogens with zero attached hydrogens (tertiary/aromatic N) is 2. The molecule has 0 unspecified atom stereocenters. The van der Waals surface area contributed by atoms with Gasteiger partial charge in [0.2, 0.25) is 0 Å². The Morgan fingerprint density at radius 1 is 1.48 bits per heavy atom. The van der Waals surface area contributed by atoms with Crippen LogP contribution in [0.1, 0.15) is 23.2 Å². The van der Waals surface area contributed by atoms with Gasteiger partial charge in [0.15, 0.2) is 5.75 Å². The van der Waals surface area contributed by atoms with E-state index in [4.69, 9.17) is 16.3 Å². The highest BCUT2D eigenvalue weighted by atomic mass is 35.5. The molecule has 1 aromatic rings. The highest BCUT2D eigenvalue weighted by Crippen LogP contribution is 2.35. The Hall–Kier alpha value is -1.86. The lowest BCUT2D eigenvalue weighted by atomic mass is 10.1. The molecular weight excluding hydrogens is 300 g/mol. The lowest BCUT2D eigenvalue weighted by Crippen LogP contribution is -2.35. The van der Waals surface area contributed by atoms with Crippen LogP contribution in [0.4, 0.5) is 5.69 Å². The van der Waals surface area contributed by atoms with Gasteiger partial charge >= 0.3 is 5.97 Å². The number of non-ortho nitro benzene ring substituents is 1. The third-order valence-electron chi connectivity index (χ3n) is 3.42. The fourth-order valence-corrected chi connectivity index (χ4v) is 2.49. The largest absolute Gasteiger partial charge is 0.488 e. The quantitative estimate of drug-likeness (QED) is 0.677. The van der Waals surface area contributed by atoms with Crippen LogP contribution >= 0.6 is 11.6 Å². The monoisotopic (exact) mass is 314 g/mol. The van der Waals surface area contributed by atoms with Gasteiger partial charge in [-0.3, -0.25) is 10.1 Å². The Kier molecular flexibility index (Phi) is 4.64. The summed E-state index contributed by atoms with van der Waals surface area (Å²) in [6.45, 7) is 1.69. The Bertz CT molecular complexity index is 570. The summed E-state index contributed by atoms with van der Waals surface area (Å²) in [6.07, 6.45) is 1.37. The van der Waals surface area contributed by atoms with E-state index in [2.05, 4.69) is 4.90 Å². The van der Waals surface area contributed by atoms with E-state index >= 15 is 0 Å². The SMILES string of the molecule is CN1CCC(Oc2c(Cl)cc([N+](=O)[O-])cc2C(=O)O)CC1. The molecular formula is C13H15ClN2O5. The van der Waals surface area contributed by atoms with Gasteiger partial charge in [-0.2, -0.15) is 0 Å². The van der Waals surface area contributed by atoms with E-state index in [1.165, 1.54) is 0 Å². The van der Waals surface area contributed by atoms with Crippen LogP contribution in [0.2, 0.25) is 5.02 Å². The summed E-state index contributed by atoms with van der Waals surface area (Å²) in [5, 5.41) is 19.9. The molecule has 0 amide bonds. The fraction of sp³-hybridized carbons (Fsp3) is 0.462. The number of carboxylic acid groups (broad SMARTS) is 1. The molecule has 21 heavy (non-hydrogen) atoms. The van der Waals surface area contributed by atoms with Crippen LogP contribution in [0.3, 0.4) is 0 Å². The van der Waals surface area contributed by atoms with Crippen molar-refractivity contribution in [3.05, 3.63) is 32.8 Å². The minimum Gasteiger partial charge on any atom is -0.488 e. The number of halogens is 1. The Morgan fingerprint density at radius 3 is 2.62 bits per heavy atom. The zero-order valence-electron chi connectivity index (χ0n) is 11.4. The maximum atomic E-state index is 11.3. The molecule has 0 atom stereocenters. The Morgan fingerprint density at radius 2 is 2.10 bits per heavy atom. The van der Waals surface area contributed by atoms with Crippen LogP contribution in [-0.4, -0.2) is 47.1 Å². The molecule has 2 rings (SSSR count).